The lowest BCUT2D eigenvalue weighted by Gasteiger charge is -2.19. The quantitative estimate of drug-likeness (QED) is 0.587. The molecule has 0 heterocycles. The number of carbonyl (C=O) groups is 2. The molecule has 0 spiro atoms. The number of carbonyl (C=O) groups excluding carboxylic acids is 2. The average Bonchev–Trinajstić information content (AvgIpc) is 2.29. The normalized spacial score (nSPS) is 11.3. The highest BCUT2D eigenvalue weighted by atomic mass is 16.6. The summed E-state index contributed by atoms with van der Waals surface area (Å²) in [5.41, 5.74) is -0.461. The molecule has 2 amide bonds. The van der Waals surface area contributed by atoms with Crippen LogP contribution < -0.4 is 16.0 Å². The summed E-state index contributed by atoms with van der Waals surface area (Å²) < 4.78 is 5.11. The summed E-state index contributed by atoms with van der Waals surface area (Å²) in [7, 11) is 0. The van der Waals surface area contributed by atoms with Gasteiger partial charge in [0.2, 0.25) is 5.91 Å². The second kappa shape index (κ2) is 9.58. The number of ether oxygens (including phenoxy) is 1. The van der Waals surface area contributed by atoms with E-state index in [0.717, 1.165) is 19.5 Å². The monoisotopic (exact) mass is 287 g/mol. The van der Waals surface area contributed by atoms with Gasteiger partial charge < -0.3 is 20.7 Å². The van der Waals surface area contributed by atoms with E-state index < -0.39 is 5.60 Å². The van der Waals surface area contributed by atoms with E-state index in [4.69, 9.17) is 4.74 Å². The molecule has 0 atom stereocenters. The first-order valence-corrected chi connectivity index (χ1v) is 7.17. The highest BCUT2D eigenvalue weighted by Gasteiger charge is 2.15. The maximum atomic E-state index is 11.3. The van der Waals surface area contributed by atoms with E-state index in [9.17, 15) is 9.59 Å². The zero-order valence-electron chi connectivity index (χ0n) is 13.3. The van der Waals surface area contributed by atoms with E-state index in [1.165, 1.54) is 0 Å². The number of rotatable bonds is 8. The van der Waals surface area contributed by atoms with E-state index in [1.807, 2.05) is 34.6 Å². The molecular weight excluding hydrogens is 258 g/mol. The van der Waals surface area contributed by atoms with Gasteiger partial charge in [0.15, 0.2) is 0 Å². The SMILES string of the molecule is CC(C)C(=O)NCCNCCCNC(=O)OC(C)(C)C. The van der Waals surface area contributed by atoms with Crippen molar-refractivity contribution in [3.05, 3.63) is 0 Å². The first-order valence-electron chi connectivity index (χ1n) is 7.17. The maximum Gasteiger partial charge on any atom is 0.407 e. The van der Waals surface area contributed by atoms with Crippen LogP contribution in [0.4, 0.5) is 4.79 Å². The summed E-state index contributed by atoms with van der Waals surface area (Å²) in [5.74, 6) is 0.0893. The molecule has 0 aliphatic carbocycles. The van der Waals surface area contributed by atoms with Crippen LogP contribution in [0.15, 0.2) is 0 Å². The molecule has 0 aromatic carbocycles. The summed E-state index contributed by atoms with van der Waals surface area (Å²) in [6, 6.07) is 0. The van der Waals surface area contributed by atoms with Gasteiger partial charge in [-0.2, -0.15) is 0 Å². The van der Waals surface area contributed by atoms with Crippen molar-refractivity contribution in [1.29, 1.82) is 0 Å². The van der Waals surface area contributed by atoms with E-state index in [0.29, 0.717) is 13.1 Å². The lowest BCUT2D eigenvalue weighted by molar-refractivity contribution is -0.123. The van der Waals surface area contributed by atoms with Gasteiger partial charge in [0.1, 0.15) is 5.60 Å². The van der Waals surface area contributed by atoms with Crippen molar-refractivity contribution in [3.8, 4) is 0 Å². The third kappa shape index (κ3) is 11.8. The molecule has 0 aliphatic rings. The average molecular weight is 287 g/mol. The van der Waals surface area contributed by atoms with Gasteiger partial charge in [-0.1, -0.05) is 13.8 Å². The first kappa shape index (κ1) is 18.7. The molecule has 6 heteroatoms. The third-order valence-electron chi connectivity index (χ3n) is 2.32. The van der Waals surface area contributed by atoms with Crippen LogP contribution in [0.5, 0.6) is 0 Å². The van der Waals surface area contributed by atoms with Crippen LogP contribution in [0.3, 0.4) is 0 Å². The van der Waals surface area contributed by atoms with Gasteiger partial charge >= 0.3 is 6.09 Å². The van der Waals surface area contributed by atoms with Crippen LogP contribution in [0.25, 0.3) is 0 Å². The molecule has 0 aliphatic heterocycles. The number of hydrogen-bond acceptors (Lipinski definition) is 4. The second-order valence-electron chi connectivity index (χ2n) is 5.98. The van der Waals surface area contributed by atoms with E-state index in [-0.39, 0.29) is 17.9 Å². The van der Waals surface area contributed by atoms with E-state index in [1.54, 1.807) is 0 Å². The molecule has 0 saturated heterocycles. The molecule has 0 radical (unpaired) electrons. The standard InChI is InChI=1S/C14H29N3O3/c1-11(2)12(18)16-10-9-15-7-6-8-17-13(19)20-14(3,4)5/h11,15H,6-10H2,1-5H3,(H,16,18)(H,17,19). The van der Waals surface area contributed by atoms with Gasteiger partial charge in [0, 0.05) is 25.6 Å². The van der Waals surface area contributed by atoms with Crippen LogP contribution in [-0.2, 0) is 9.53 Å². The van der Waals surface area contributed by atoms with E-state index >= 15 is 0 Å². The van der Waals surface area contributed by atoms with Gasteiger partial charge in [-0.25, -0.2) is 4.79 Å². The maximum absolute atomic E-state index is 11.3. The Labute approximate surface area is 122 Å². The van der Waals surface area contributed by atoms with Crippen LogP contribution in [0.1, 0.15) is 41.0 Å². The number of alkyl carbamates (subject to hydrolysis) is 1. The van der Waals surface area contributed by atoms with Crippen LogP contribution >= 0.6 is 0 Å². The van der Waals surface area contributed by atoms with Crippen LogP contribution in [-0.4, -0.2) is 43.8 Å². The Morgan fingerprint density at radius 3 is 2.20 bits per heavy atom. The first-order chi connectivity index (χ1) is 9.22. The van der Waals surface area contributed by atoms with Gasteiger partial charge in [0.05, 0.1) is 0 Å². The summed E-state index contributed by atoms with van der Waals surface area (Å²) in [5, 5.41) is 8.71. The van der Waals surface area contributed by atoms with Gasteiger partial charge in [-0.15, -0.1) is 0 Å². The molecule has 0 aromatic rings. The minimum absolute atomic E-state index is 0.0213. The Morgan fingerprint density at radius 1 is 1.00 bits per heavy atom. The van der Waals surface area contributed by atoms with Gasteiger partial charge in [-0.3, -0.25) is 4.79 Å². The second-order valence-corrected chi connectivity index (χ2v) is 5.98. The fourth-order valence-corrected chi connectivity index (χ4v) is 1.32. The summed E-state index contributed by atoms with van der Waals surface area (Å²) in [4.78, 5) is 22.6. The van der Waals surface area contributed by atoms with Crippen LogP contribution in [0.2, 0.25) is 0 Å². The lowest BCUT2D eigenvalue weighted by Crippen LogP contribution is -2.36. The third-order valence-corrected chi connectivity index (χ3v) is 2.32. The number of amides is 2. The lowest BCUT2D eigenvalue weighted by atomic mass is 10.2. The molecule has 0 unspecified atom stereocenters. The number of nitrogens with one attached hydrogen (secondary N) is 3. The summed E-state index contributed by atoms with van der Waals surface area (Å²) in [6.45, 7) is 11.9. The smallest absolute Gasteiger partial charge is 0.407 e. The highest BCUT2D eigenvalue weighted by Crippen LogP contribution is 2.06. The van der Waals surface area contributed by atoms with Gasteiger partial charge in [-0.05, 0) is 33.7 Å². The number of hydrogen-bond donors (Lipinski definition) is 3. The Bertz CT molecular complexity index is 299. The van der Waals surface area contributed by atoms with E-state index in [2.05, 4.69) is 16.0 Å². The largest absolute Gasteiger partial charge is 0.444 e. The molecule has 3 N–H and O–H groups in total. The predicted octanol–water partition coefficient (Wildman–Crippen LogP) is 1.26. The van der Waals surface area contributed by atoms with Gasteiger partial charge in [0.25, 0.3) is 0 Å². The molecule has 0 saturated carbocycles. The van der Waals surface area contributed by atoms with Crippen molar-refractivity contribution < 1.29 is 14.3 Å². The fourth-order valence-electron chi connectivity index (χ4n) is 1.32. The molecule has 0 bridgehead atoms. The summed E-state index contributed by atoms with van der Waals surface area (Å²) in [6.07, 6.45) is 0.430. The zero-order valence-corrected chi connectivity index (χ0v) is 13.3. The van der Waals surface area contributed by atoms with Crippen molar-refractivity contribution in [2.75, 3.05) is 26.2 Å². The fraction of sp³-hybridized carbons (Fsp3) is 0.857. The Kier molecular flexibility index (Phi) is 8.96. The predicted molar refractivity (Wildman–Crippen MR) is 79.6 cm³/mol. The Morgan fingerprint density at radius 2 is 1.65 bits per heavy atom. The molecule has 0 aromatic heterocycles. The molecule has 118 valence electrons. The Balaban J connectivity index is 3.37. The van der Waals surface area contributed by atoms with Crippen LogP contribution in [0, 0.1) is 5.92 Å². The van der Waals surface area contributed by atoms with Crippen molar-refractivity contribution in [1.82, 2.24) is 16.0 Å². The minimum atomic E-state index is -0.461. The van der Waals surface area contributed by atoms with Crippen molar-refractivity contribution >= 4 is 12.0 Å². The van der Waals surface area contributed by atoms with Crippen molar-refractivity contribution in [3.63, 3.8) is 0 Å². The zero-order chi connectivity index (χ0) is 15.6. The molecular formula is C14H29N3O3. The molecule has 0 fully saturated rings. The topological polar surface area (TPSA) is 79.5 Å². The Hall–Kier alpha value is -1.30. The molecule has 20 heavy (non-hydrogen) atoms. The molecule has 0 rings (SSSR count). The summed E-state index contributed by atoms with van der Waals surface area (Å²) >= 11 is 0. The molecule has 6 nitrogen and oxygen atoms in total. The van der Waals surface area contributed by atoms with Crippen molar-refractivity contribution in [2.45, 2.75) is 46.6 Å². The van der Waals surface area contributed by atoms with Crippen molar-refractivity contribution in [2.24, 2.45) is 5.92 Å². The minimum Gasteiger partial charge on any atom is -0.444 e. The highest BCUT2D eigenvalue weighted by molar-refractivity contribution is 5.77.